The number of nitrogens with two attached hydrogens (primary N) is 1. The van der Waals surface area contributed by atoms with Crippen LogP contribution >= 0.6 is 0 Å². The highest BCUT2D eigenvalue weighted by molar-refractivity contribution is 7.89. The second-order valence-electron chi connectivity index (χ2n) is 5.95. The van der Waals surface area contributed by atoms with Gasteiger partial charge < -0.3 is 5.73 Å². The van der Waals surface area contributed by atoms with Crippen LogP contribution in [0.1, 0.15) is 39.0 Å². The fraction of sp³-hybridized carbons (Fsp3) is 0.769. The Bertz CT molecular complexity index is 525. The molecule has 7 heteroatoms. The van der Waals surface area contributed by atoms with Crippen molar-refractivity contribution in [1.29, 1.82) is 0 Å². The second kappa shape index (κ2) is 6.69. The first-order chi connectivity index (χ1) is 9.20. The van der Waals surface area contributed by atoms with E-state index in [1.807, 2.05) is 27.7 Å². The van der Waals surface area contributed by atoms with E-state index in [0.717, 1.165) is 0 Å². The summed E-state index contributed by atoms with van der Waals surface area (Å²) < 4.78 is 27.1. The van der Waals surface area contributed by atoms with E-state index in [0.29, 0.717) is 24.3 Å². The number of sulfonamides is 1. The predicted molar refractivity (Wildman–Crippen MR) is 79.7 cm³/mol. The van der Waals surface area contributed by atoms with Gasteiger partial charge in [0.05, 0.1) is 0 Å². The number of rotatable bonds is 7. The van der Waals surface area contributed by atoms with E-state index >= 15 is 0 Å². The Kier molecular flexibility index (Phi) is 5.73. The summed E-state index contributed by atoms with van der Waals surface area (Å²) in [6.07, 6.45) is 0. The minimum atomic E-state index is -3.60. The first-order valence-corrected chi connectivity index (χ1v) is 8.38. The van der Waals surface area contributed by atoms with E-state index in [2.05, 4.69) is 10.2 Å². The third-order valence-electron chi connectivity index (χ3n) is 2.96. The largest absolute Gasteiger partial charge is 0.326 e. The standard InChI is InChI=1S/C13H26N4O2S/c1-9(2)7-17(8-10(3)4)20(18,19)13-12(6-14)11(5)15-16-13/h9-10H,6-8,14H2,1-5H3,(H,15,16). The lowest BCUT2D eigenvalue weighted by Gasteiger charge is -2.25. The Balaban J connectivity index is 3.21. The van der Waals surface area contributed by atoms with E-state index in [4.69, 9.17) is 5.73 Å². The SMILES string of the molecule is Cc1[nH]nc(S(=O)(=O)N(CC(C)C)CC(C)C)c1CN. The van der Waals surface area contributed by atoms with Gasteiger partial charge in [0.1, 0.15) is 0 Å². The first kappa shape index (κ1) is 17.1. The number of aryl methyl sites for hydroxylation is 1. The number of hydrogen-bond donors (Lipinski definition) is 2. The Morgan fingerprint density at radius 3 is 2.10 bits per heavy atom. The van der Waals surface area contributed by atoms with Crippen molar-refractivity contribution in [2.45, 2.75) is 46.2 Å². The molecule has 0 aromatic carbocycles. The molecule has 0 saturated heterocycles. The van der Waals surface area contributed by atoms with Gasteiger partial charge in [-0.05, 0) is 18.8 Å². The quantitative estimate of drug-likeness (QED) is 0.798. The minimum Gasteiger partial charge on any atom is -0.326 e. The van der Waals surface area contributed by atoms with Gasteiger partial charge in [-0.15, -0.1) is 0 Å². The summed E-state index contributed by atoms with van der Waals surface area (Å²) in [5, 5.41) is 6.75. The molecule has 0 amide bonds. The third kappa shape index (κ3) is 3.80. The lowest BCUT2D eigenvalue weighted by Crippen LogP contribution is -2.37. The van der Waals surface area contributed by atoms with Crippen LogP contribution in [-0.2, 0) is 16.6 Å². The van der Waals surface area contributed by atoms with Crippen molar-refractivity contribution < 1.29 is 8.42 Å². The van der Waals surface area contributed by atoms with Crippen molar-refractivity contribution >= 4 is 10.0 Å². The molecule has 1 aromatic rings. The second-order valence-corrected chi connectivity index (χ2v) is 7.80. The van der Waals surface area contributed by atoms with Crippen LogP contribution in [0.4, 0.5) is 0 Å². The van der Waals surface area contributed by atoms with Crippen LogP contribution < -0.4 is 5.73 Å². The summed E-state index contributed by atoms with van der Waals surface area (Å²) in [6, 6.07) is 0. The summed E-state index contributed by atoms with van der Waals surface area (Å²) >= 11 is 0. The molecule has 0 unspecified atom stereocenters. The molecule has 0 aliphatic rings. The minimum absolute atomic E-state index is 0.0683. The smallest absolute Gasteiger partial charge is 0.262 e. The number of hydrogen-bond acceptors (Lipinski definition) is 4. The summed E-state index contributed by atoms with van der Waals surface area (Å²) in [4.78, 5) is 0. The normalized spacial score (nSPS) is 12.8. The van der Waals surface area contributed by atoms with Crippen molar-refractivity contribution in [2.24, 2.45) is 17.6 Å². The molecule has 0 aliphatic heterocycles. The molecule has 0 radical (unpaired) electrons. The predicted octanol–water partition coefficient (Wildman–Crippen LogP) is 1.48. The Morgan fingerprint density at radius 1 is 1.20 bits per heavy atom. The zero-order valence-electron chi connectivity index (χ0n) is 13.0. The van der Waals surface area contributed by atoms with Crippen molar-refractivity contribution in [2.75, 3.05) is 13.1 Å². The van der Waals surface area contributed by atoms with E-state index in [9.17, 15) is 8.42 Å². The fourth-order valence-corrected chi connectivity index (χ4v) is 4.03. The summed E-state index contributed by atoms with van der Waals surface area (Å²) in [7, 11) is -3.60. The molecule has 0 fully saturated rings. The van der Waals surface area contributed by atoms with Gasteiger partial charge in [0.25, 0.3) is 10.0 Å². The zero-order chi connectivity index (χ0) is 15.5. The number of H-pyrrole nitrogens is 1. The van der Waals surface area contributed by atoms with E-state index in [1.54, 1.807) is 6.92 Å². The van der Waals surface area contributed by atoms with Crippen LogP contribution in [0.25, 0.3) is 0 Å². The van der Waals surface area contributed by atoms with Crippen LogP contribution in [0.3, 0.4) is 0 Å². The van der Waals surface area contributed by atoms with Crippen molar-refractivity contribution in [1.82, 2.24) is 14.5 Å². The average Bonchev–Trinajstić information content (AvgIpc) is 2.68. The van der Waals surface area contributed by atoms with Gasteiger partial charge in [-0.2, -0.15) is 9.40 Å². The van der Waals surface area contributed by atoms with Crippen LogP contribution in [-0.4, -0.2) is 36.0 Å². The molecule has 20 heavy (non-hydrogen) atoms. The molecule has 0 spiro atoms. The first-order valence-electron chi connectivity index (χ1n) is 6.94. The van der Waals surface area contributed by atoms with Crippen LogP contribution in [0, 0.1) is 18.8 Å². The van der Waals surface area contributed by atoms with Gasteiger partial charge in [-0.25, -0.2) is 8.42 Å². The lowest BCUT2D eigenvalue weighted by atomic mass is 10.2. The highest BCUT2D eigenvalue weighted by Gasteiger charge is 2.30. The number of nitrogens with zero attached hydrogens (tertiary/aromatic N) is 2. The maximum Gasteiger partial charge on any atom is 0.262 e. The molecular formula is C13H26N4O2S. The summed E-state index contributed by atoms with van der Waals surface area (Å²) in [5.41, 5.74) is 6.93. The average molecular weight is 302 g/mol. The summed E-state index contributed by atoms with van der Waals surface area (Å²) in [5.74, 6) is 0.509. The number of nitrogens with one attached hydrogen (secondary N) is 1. The maximum atomic E-state index is 12.8. The lowest BCUT2D eigenvalue weighted by molar-refractivity contribution is 0.332. The van der Waals surface area contributed by atoms with Crippen LogP contribution in [0.2, 0.25) is 0 Å². The highest BCUT2D eigenvalue weighted by Crippen LogP contribution is 2.22. The van der Waals surface area contributed by atoms with Crippen molar-refractivity contribution in [3.8, 4) is 0 Å². The van der Waals surface area contributed by atoms with Crippen LogP contribution in [0.15, 0.2) is 5.03 Å². The van der Waals surface area contributed by atoms with E-state index in [-0.39, 0.29) is 23.4 Å². The third-order valence-corrected chi connectivity index (χ3v) is 4.77. The molecule has 3 N–H and O–H groups in total. The van der Waals surface area contributed by atoms with Crippen molar-refractivity contribution in [3.05, 3.63) is 11.3 Å². The zero-order valence-corrected chi connectivity index (χ0v) is 13.8. The molecule has 116 valence electrons. The molecule has 0 saturated carbocycles. The Hall–Kier alpha value is -0.920. The Labute approximate surface area is 121 Å². The molecule has 0 bridgehead atoms. The fourth-order valence-electron chi connectivity index (χ4n) is 2.09. The molecule has 0 aliphatic carbocycles. The molecule has 1 heterocycles. The van der Waals surface area contributed by atoms with Crippen LogP contribution in [0.5, 0.6) is 0 Å². The molecule has 6 nitrogen and oxygen atoms in total. The number of aromatic nitrogens is 2. The van der Waals surface area contributed by atoms with Crippen molar-refractivity contribution in [3.63, 3.8) is 0 Å². The highest BCUT2D eigenvalue weighted by atomic mass is 32.2. The van der Waals surface area contributed by atoms with E-state index in [1.165, 1.54) is 4.31 Å². The van der Waals surface area contributed by atoms with Gasteiger partial charge in [0, 0.05) is 30.9 Å². The number of aromatic amines is 1. The van der Waals surface area contributed by atoms with Gasteiger partial charge >= 0.3 is 0 Å². The Morgan fingerprint density at radius 2 is 1.70 bits per heavy atom. The molecule has 1 aromatic heterocycles. The molecule has 1 rings (SSSR count). The van der Waals surface area contributed by atoms with Gasteiger partial charge in [-0.3, -0.25) is 5.10 Å². The molecule has 0 atom stereocenters. The molecular weight excluding hydrogens is 276 g/mol. The topological polar surface area (TPSA) is 92.1 Å². The van der Waals surface area contributed by atoms with Gasteiger partial charge in [0.2, 0.25) is 0 Å². The van der Waals surface area contributed by atoms with E-state index < -0.39 is 10.0 Å². The monoisotopic (exact) mass is 302 g/mol. The summed E-state index contributed by atoms with van der Waals surface area (Å²) in [6.45, 7) is 10.9. The van der Waals surface area contributed by atoms with Gasteiger partial charge in [0.15, 0.2) is 5.03 Å². The maximum absolute atomic E-state index is 12.8. The van der Waals surface area contributed by atoms with Gasteiger partial charge in [-0.1, -0.05) is 27.7 Å².